The monoisotopic (exact) mass is 502 g/mol. The van der Waals surface area contributed by atoms with Crippen LogP contribution in [0.3, 0.4) is 0 Å². The summed E-state index contributed by atoms with van der Waals surface area (Å²) in [4.78, 5) is 0. The van der Waals surface area contributed by atoms with Gasteiger partial charge in [0.1, 0.15) is 11.9 Å². The lowest BCUT2D eigenvalue weighted by Crippen LogP contribution is -2.43. The van der Waals surface area contributed by atoms with Gasteiger partial charge in [-0.25, -0.2) is 0 Å². The summed E-state index contributed by atoms with van der Waals surface area (Å²) in [6, 6.07) is 0. The van der Waals surface area contributed by atoms with E-state index in [0.29, 0.717) is 29.4 Å². The van der Waals surface area contributed by atoms with E-state index in [0.717, 1.165) is 19.3 Å². The van der Waals surface area contributed by atoms with Crippen LogP contribution in [0.5, 0.6) is 0 Å². The Balaban J connectivity index is 3.11. The molecule has 1 aliphatic carbocycles. The molecule has 1 unspecified atom stereocenters. The predicted octanol–water partition coefficient (Wildman–Crippen LogP) is 10.3. The Morgan fingerprint density at radius 3 is 2.40 bits per heavy atom. The molecule has 0 spiro atoms. The maximum absolute atomic E-state index is 6.99. The molecule has 0 amide bonds. The predicted molar refractivity (Wildman–Crippen MR) is 158 cm³/mol. The summed E-state index contributed by atoms with van der Waals surface area (Å²) >= 11 is 0. The molecule has 0 aromatic heterocycles. The number of allylic oxidation sites excluding steroid dienone is 3. The molecule has 0 saturated heterocycles. The molecular formula is C32H58O2Si. The first kappa shape index (κ1) is 32.0. The molecule has 1 saturated carbocycles. The summed E-state index contributed by atoms with van der Waals surface area (Å²) < 4.78 is 13.3. The summed E-state index contributed by atoms with van der Waals surface area (Å²) in [5.74, 6) is 2.99. The van der Waals surface area contributed by atoms with Gasteiger partial charge < -0.3 is 9.16 Å². The molecule has 6 atom stereocenters. The summed E-state index contributed by atoms with van der Waals surface area (Å²) in [5, 5.41) is 0.212. The Labute approximate surface area is 220 Å². The summed E-state index contributed by atoms with van der Waals surface area (Å²) in [6.07, 6.45) is 19.9. The summed E-state index contributed by atoms with van der Waals surface area (Å²) in [5.41, 5.74) is 0. The van der Waals surface area contributed by atoms with Gasteiger partial charge in [-0.1, -0.05) is 98.6 Å². The van der Waals surface area contributed by atoms with Crippen molar-refractivity contribution in [1.29, 1.82) is 0 Å². The Bertz CT molecular complexity index is 672. The highest BCUT2D eigenvalue weighted by Gasteiger charge is 2.42. The average molecular weight is 503 g/mol. The van der Waals surface area contributed by atoms with Gasteiger partial charge in [-0.05, 0) is 74.1 Å². The van der Waals surface area contributed by atoms with Crippen molar-refractivity contribution >= 4 is 8.32 Å². The maximum atomic E-state index is 6.99. The lowest BCUT2D eigenvalue weighted by molar-refractivity contribution is 0.0798. The van der Waals surface area contributed by atoms with Crippen molar-refractivity contribution in [2.24, 2.45) is 23.7 Å². The van der Waals surface area contributed by atoms with Gasteiger partial charge in [0.2, 0.25) is 0 Å². The van der Waals surface area contributed by atoms with Crippen molar-refractivity contribution in [3.05, 3.63) is 49.8 Å². The van der Waals surface area contributed by atoms with Crippen LogP contribution in [-0.4, -0.2) is 20.5 Å². The first-order valence-corrected chi connectivity index (χ1v) is 17.2. The zero-order valence-corrected chi connectivity index (χ0v) is 25.6. The van der Waals surface area contributed by atoms with Gasteiger partial charge in [-0.2, -0.15) is 0 Å². The van der Waals surface area contributed by atoms with Crippen LogP contribution in [0, 0.1) is 23.7 Å². The minimum atomic E-state index is -1.86. The lowest BCUT2D eigenvalue weighted by Gasteiger charge is -2.39. The highest BCUT2D eigenvalue weighted by Crippen LogP contribution is 2.44. The number of hydrogen-bond donors (Lipinski definition) is 0. The van der Waals surface area contributed by atoms with Gasteiger partial charge >= 0.3 is 0 Å². The molecular weight excluding hydrogens is 444 g/mol. The molecule has 202 valence electrons. The standard InChI is InChI=1S/C32H58O2Si/c1-12-15-17-18-20-30-29(26(5)24-31(30)33-27(6)14-3)22-21-28(23-25(4)19-16-13-2)34-35(10,11)32(7,8)9/h12,14,21-22,25-26,28-31H,1,3,6,13,15-20,23-24H2,2,4-5,7-11H3/b22-21+/t25-,26+,28?,29-,30+,31-/m0/s1. The summed E-state index contributed by atoms with van der Waals surface area (Å²) in [6.45, 7) is 30.6. The van der Waals surface area contributed by atoms with Crippen LogP contribution in [-0.2, 0) is 9.16 Å². The van der Waals surface area contributed by atoms with E-state index in [4.69, 9.17) is 9.16 Å². The second-order valence-electron chi connectivity index (χ2n) is 12.6. The van der Waals surface area contributed by atoms with Crippen molar-refractivity contribution in [3.8, 4) is 0 Å². The second kappa shape index (κ2) is 15.2. The van der Waals surface area contributed by atoms with Crippen LogP contribution in [0.1, 0.15) is 99.3 Å². The van der Waals surface area contributed by atoms with Crippen molar-refractivity contribution in [2.45, 2.75) is 130 Å². The Morgan fingerprint density at radius 2 is 1.83 bits per heavy atom. The average Bonchev–Trinajstić information content (AvgIpc) is 3.06. The highest BCUT2D eigenvalue weighted by atomic mass is 28.4. The fourth-order valence-electron chi connectivity index (χ4n) is 5.17. The third-order valence-electron chi connectivity index (χ3n) is 8.44. The van der Waals surface area contributed by atoms with E-state index in [1.165, 1.54) is 38.5 Å². The lowest BCUT2D eigenvalue weighted by atomic mass is 9.85. The van der Waals surface area contributed by atoms with Gasteiger partial charge in [0, 0.05) is 5.92 Å². The van der Waals surface area contributed by atoms with Crippen LogP contribution in [0.25, 0.3) is 0 Å². The van der Waals surface area contributed by atoms with Gasteiger partial charge in [0.15, 0.2) is 8.32 Å². The smallest absolute Gasteiger partial charge is 0.192 e. The van der Waals surface area contributed by atoms with Crippen LogP contribution in [0.15, 0.2) is 49.8 Å². The van der Waals surface area contributed by atoms with Crippen molar-refractivity contribution < 1.29 is 9.16 Å². The normalized spacial score (nSPS) is 24.9. The largest absolute Gasteiger partial charge is 0.491 e. The molecule has 1 aliphatic rings. The van der Waals surface area contributed by atoms with Crippen LogP contribution in [0.2, 0.25) is 18.1 Å². The van der Waals surface area contributed by atoms with Gasteiger partial charge in [0.05, 0.1) is 6.10 Å². The van der Waals surface area contributed by atoms with Crippen LogP contribution < -0.4 is 0 Å². The van der Waals surface area contributed by atoms with E-state index < -0.39 is 8.32 Å². The molecule has 0 bridgehead atoms. The van der Waals surface area contributed by atoms with E-state index in [1.54, 1.807) is 6.08 Å². The fraction of sp³-hybridized carbons (Fsp3) is 0.750. The minimum absolute atomic E-state index is 0.194. The van der Waals surface area contributed by atoms with Crippen LogP contribution >= 0.6 is 0 Å². The van der Waals surface area contributed by atoms with Crippen molar-refractivity contribution in [3.63, 3.8) is 0 Å². The first-order valence-electron chi connectivity index (χ1n) is 14.3. The number of hydrogen-bond acceptors (Lipinski definition) is 2. The van der Waals surface area contributed by atoms with E-state index >= 15 is 0 Å². The van der Waals surface area contributed by atoms with Gasteiger partial charge in [0.25, 0.3) is 0 Å². The molecule has 0 heterocycles. The highest BCUT2D eigenvalue weighted by molar-refractivity contribution is 6.74. The second-order valence-corrected chi connectivity index (χ2v) is 17.4. The number of rotatable bonds is 17. The molecule has 1 rings (SSSR count). The molecule has 0 aliphatic heterocycles. The van der Waals surface area contributed by atoms with E-state index in [-0.39, 0.29) is 17.2 Å². The third kappa shape index (κ3) is 10.8. The molecule has 35 heavy (non-hydrogen) atoms. The zero-order valence-electron chi connectivity index (χ0n) is 24.6. The number of ether oxygens (including phenoxy) is 1. The third-order valence-corrected chi connectivity index (χ3v) is 12.9. The molecule has 0 radical (unpaired) electrons. The fourth-order valence-corrected chi connectivity index (χ4v) is 6.45. The Hall–Kier alpha value is -1.06. The molecule has 1 fully saturated rings. The Kier molecular flexibility index (Phi) is 13.9. The molecule has 0 aromatic rings. The quantitative estimate of drug-likeness (QED) is 0.0647. The van der Waals surface area contributed by atoms with Gasteiger partial charge in [-0.15, -0.1) is 6.58 Å². The minimum Gasteiger partial charge on any atom is -0.491 e. The Morgan fingerprint density at radius 1 is 1.14 bits per heavy atom. The molecule has 2 nitrogen and oxygen atoms in total. The van der Waals surface area contributed by atoms with Gasteiger partial charge in [-0.3, -0.25) is 0 Å². The maximum Gasteiger partial charge on any atom is 0.192 e. The number of unbranched alkanes of at least 4 members (excludes halogenated alkanes) is 3. The molecule has 0 aromatic carbocycles. The topological polar surface area (TPSA) is 18.5 Å². The van der Waals surface area contributed by atoms with Crippen molar-refractivity contribution in [1.82, 2.24) is 0 Å². The zero-order chi connectivity index (χ0) is 26.6. The van der Waals surface area contributed by atoms with Crippen LogP contribution in [0.4, 0.5) is 0 Å². The van der Waals surface area contributed by atoms with Crippen molar-refractivity contribution in [2.75, 3.05) is 0 Å². The molecule has 0 N–H and O–H groups in total. The SMILES string of the molecule is C=CCCCC[C@@H]1[C@@H](/C=C/C(C[C@@H](C)CCCC)O[Si](C)(C)C(C)(C)C)[C@H](C)C[C@@H]1OC(=C)C=C. The van der Waals surface area contributed by atoms with E-state index in [1.807, 2.05) is 6.08 Å². The van der Waals surface area contributed by atoms with E-state index in [9.17, 15) is 0 Å². The molecule has 3 heteroatoms. The summed E-state index contributed by atoms with van der Waals surface area (Å²) in [7, 11) is -1.86. The first-order chi connectivity index (χ1) is 16.4. The van der Waals surface area contributed by atoms with E-state index in [2.05, 4.69) is 86.5 Å².